The van der Waals surface area contributed by atoms with Crippen LogP contribution in [-0.4, -0.2) is 28.0 Å². The molecule has 0 saturated carbocycles. The van der Waals surface area contributed by atoms with Crippen LogP contribution in [0.5, 0.6) is 5.75 Å². The molecule has 0 saturated heterocycles. The molecule has 1 aromatic heterocycles. The Morgan fingerprint density at radius 3 is 2.78 bits per heavy atom. The minimum absolute atomic E-state index is 0.0696. The molecule has 1 heterocycles. The van der Waals surface area contributed by atoms with Crippen LogP contribution in [0.3, 0.4) is 0 Å². The second-order valence-electron chi connectivity index (χ2n) is 5.28. The van der Waals surface area contributed by atoms with Gasteiger partial charge in [0, 0.05) is 18.8 Å². The van der Waals surface area contributed by atoms with Gasteiger partial charge < -0.3 is 4.74 Å². The first kappa shape index (κ1) is 16.7. The second kappa shape index (κ2) is 7.58. The van der Waals surface area contributed by atoms with E-state index in [0.717, 1.165) is 29.0 Å². The first-order valence-corrected chi connectivity index (χ1v) is 7.55. The van der Waals surface area contributed by atoms with E-state index in [0.29, 0.717) is 5.71 Å². The SMILES string of the molecule is CCc1ccccc1OCC(=O)N/N=C(\C)c1cn(C)nc1C. The number of rotatable bonds is 6. The lowest BCUT2D eigenvalue weighted by Crippen LogP contribution is -2.25. The van der Waals surface area contributed by atoms with Crippen molar-refractivity contribution in [1.29, 1.82) is 0 Å². The quantitative estimate of drug-likeness (QED) is 0.656. The standard InChI is InChI=1S/C17H22N4O2/c1-5-14-8-6-7-9-16(14)23-11-17(22)19-18-12(2)15-10-21(4)20-13(15)3/h6-10H,5,11H2,1-4H3,(H,19,22)/b18-12+. The Morgan fingerprint density at radius 2 is 2.13 bits per heavy atom. The molecule has 0 unspecified atom stereocenters. The zero-order valence-corrected chi connectivity index (χ0v) is 14.0. The highest BCUT2D eigenvalue weighted by Crippen LogP contribution is 2.17. The number of hydrazone groups is 1. The number of nitrogens with zero attached hydrogens (tertiary/aromatic N) is 3. The van der Waals surface area contributed by atoms with E-state index in [1.165, 1.54) is 0 Å². The van der Waals surface area contributed by atoms with Crippen LogP contribution in [0.25, 0.3) is 0 Å². The van der Waals surface area contributed by atoms with Gasteiger partial charge in [0.05, 0.1) is 11.4 Å². The summed E-state index contributed by atoms with van der Waals surface area (Å²) in [6.07, 6.45) is 2.73. The van der Waals surface area contributed by atoms with Gasteiger partial charge in [-0.15, -0.1) is 0 Å². The van der Waals surface area contributed by atoms with E-state index >= 15 is 0 Å². The highest BCUT2D eigenvalue weighted by Gasteiger charge is 2.08. The van der Waals surface area contributed by atoms with Crippen LogP contribution >= 0.6 is 0 Å². The van der Waals surface area contributed by atoms with Crippen molar-refractivity contribution in [3.05, 3.63) is 47.3 Å². The van der Waals surface area contributed by atoms with E-state index in [4.69, 9.17) is 4.74 Å². The largest absolute Gasteiger partial charge is 0.483 e. The first-order chi connectivity index (χ1) is 11.0. The Labute approximate surface area is 136 Å². The molecule has 0 bridgehead atoms. The molecular weight excluding hydrogens is 292 g/mol. The molecule has 1 N–H and O–H groups in total. The number of aryl methyl sites for hydroxylation is 3. The highest BCUT2D eigenvalue weighted by molar-refractivity contribution is 6.00. The smallest absolute Gasteiger partial charge is 0.277 e. The molecule has 0 fully saturated rings. The molecule has 0 aliphatic heterocycles. The summed E-state index contributed by atoms with van der Waals surface area (Å²) in [4.78, 5) is 11.9. The maximum Gasteiger partial charge on any atom is 0.277 e. The third-order valence-corrected chi connectivity index (χ3v) is 3.46. The molecule has 23 heavy (non-hydrogen) atoms. The third-order valence-electron chi connectivity index (χ3n) is 3.46. The predicted octanol–water partition coefficient (Wildman–Crippen LogP) is 2.21. The second-order valence-corrected chi connectivity index (χ2v) is 5.28. The lowest BCUT2D eigenvalue weighted by molar-refractivity contribution is -0.123. The Kier molecular flexibility index (Phi) is 5.51. The predicted molar refractivity (Wildman–Crippen MR) is 89.6 cm³/mol. The maximum atomic E-state index is 11.9. The number of para-hydroxylation sites is 1. The fourth-order valence-electron chi connectivity index (χ4n) is 2.27. The minimum Gasteiger partial charge on any atom is -0.483 e. The van der Waals surface area contributed by atoms with Gasteiger partial charge in [-0.05, 0) is 31.9 Å². The summed E-state index contributed by atoms with van der Waals surface area (Å²) in [7, 11) is 1.85. The van der Waals surface area contributed by atoms with Crippen molar-refractivity contribution in [2.45, 2.75) is 27.2 Å². The highest BCUT2D eigenvalue weighted by atomic mass is 16.5. The van der Waals surface area contributed by atoms with Crippen molar-refractivity contribution in [2.24, 2.45) is 12.1 Å². The molecule has 1 aromatic carbocycles. The fraction of sp³-hybridized carbons (Fsp3) is 0.353. The van der Waals surface area contributed by atoms with Gasteiger partial charge >= 0.3 is 0 Å². The number of amides is 1. The molecule has 0 spiro atoms. The van der Waals surface area contributed by atoms with Gasteiger partial charge in [-0.3, -0.25) is 9.48 Å². The molecule has 6 nitrogen and oxygen atoms in total. The van der Waals surface area contributed by atoms with E-state index in [1.54, 1.807) is 4.68 Å². The summed E-state index contributed by atoms with van der Waals surface area (Å²) >= 11 is 0. The molecule has 1 amide bonds. The lowest BCUT2D eigenvalue weighted by Gasteiger charge is -2.09. The molecule has 0 atom stereocenters. The number of carbonyl (C=O) groups is 1. The van der Waals surface area contributed by atoms with E-state index in [1.807, 2.05) is 58.3 Å². The fourth-order valence-corrected chi connectivity index (χ4v) is 2.27. The van der Waals surface area contributed by atoms with Crippen LogP contribution in [0.4, 0.5) is 0 Å². The van der Waals surface area contributed by atoms with Crippen LogP contribution in [0.1, 0.15) is 30.7 Å². The summed E-state index contributed by atoms with van der Waals surface area (Å²) < 4.78 is 7.28. The Morgan fingerprint density at radius 1 is 1.39 bits per heavy atom. The summed E-state index contributed by atoms with van der Waals surface area (Å²) in [5, 5.41) is 8.36. The van der Waals surface area contributed by atoms with Crippen molar-refractivity contribution in [2.75, 3.05) is 6.61 Å². The van der Waals surface area contributed by atoms with Gasteiger partial charge in [0.1, 0.15) is 5.75 Å². The van der Waals surface area contributed by atoms with E-state index in [-0.39, 0.29) is 12.5 Å². The summed E-state index contributed by atoms with van der Waals surface area (Å²) in [6, 6.07) is 7.69. The van der Waals surface area contributed by atoms with Crippen molar-refractivity contribution in [3.63, 3.8) is 0 Å². The normalized spacial score (nSPS) is 11.4. The Hall–Kier alpha value is -2.63. The van der Waals surface area contributed by atoms with E-state index in [2.05, 4.69) is 15.6 Å². The molecule has 0 radical (unpaired) electrons. The monoisotopic (exact) mass is 314 g/mol. The number of nitrogens with one attached hydrogen (secondary N) is 1. The van der Waals surface area contributed by atoms with Gasteiger partial charge in [-0.2, -0.15) is 10.2 Å². The number of carbonyl (C=O) groups excluding carboxylic acids is 1. The van der Waals surface area contributed by atoms with Crippen molar-refractivity contribution in [3.8, 4) is 5.75 Å². The molecule has 6 heteroatoms. The first-order valence-electron chi connectivity index (χ1n) is 7.55. The van der Waals surface area contributed by atoms with Gasteiger partial charge in [-0.25, -0.2) is 5.43 Å². The molecular formula is C17H22N4O2. The van der Waals surface area contributed by atoms with Crippen LogP contribution in [0.2, 0.25) is 0 Å². The lowest BCUT2D eigenvalue weighted by atomic mass is 10.1. The average Bonchev–Trinajstić information content (AvgIpc) is 2.89. The Bertz CT molecular complexity index is 719. The third kappa shape index (κ3) is 4.42. The zero-order valence-electron chi connectivity index (χ0n) is 14.0. The molecule has 0 aliphatic rings. The number of ether oxygens (including phenoxy) is 1. The van der Waals surface area contributed by atoms with E-state index < -0.39 is 0 Å². The molecule has 0 aliphatic carbocycles. The molecule has 2 aromatic rings. The Balaban J connectivity index is 1.92. The van der Waals surface area contributed by atoms with Crippen LogP contribution in [0.15, 0.2) is 35.6 Å². The van der Waals surface area contributed by atoms with Gasteiger partial charge in [-0.1, -0.05) is 25.1 Å². The topological polar surface area (TPSA) is 68.5 Å². The number of hydrogen-bond acceptors (Lipinski definition) is 4. The molecule has 2 rings (SSSR count). The van der Waals surface area contributed by atoms with Crippen LogP contribution in [-0.2, 0) is 18.3 Å². The average molecular weight is 314 g/mol. The minimum atomic E-state index is -0.295. The van der Waals surface area contributed by atoms with Crippen molar-refractivity contribution >= 4 is 11.6 Å². The number of aromatic nitrogens is 2. The van der Waals surface area contributed by atoms with Gasteiger partial charge in [0.25, 0.3) is 5.91 Å². The van der Waals surface area contributed by atoms with E-state index in [9.17, 15) is 4.79 Å². The van der Waals surface area contributed by atoms with Gasteiger partial charge in [0.2, 0.25) is 0 Å². The molecule has 122 valence electrons. The van der Waals surface area contributed by atoms with Crippen LogP contribution in [0, 0.1) is 6.92 Å². The zero-order chi connectivity index (χ0) is 16.8. The van der Waals surface area contributed by atoms with Crippen molar-refractivity contribution < 1.29 is 9.53 Å². The maximum absolute atomic E-state index is 11.9. The van der Waals surface area contributed by atoms with Crippen LogP contribution < -0.4 is 10.2 Å². The van der Waals surface area contributed by atoms with Gasteiger partial charge in [0.15, 0.2) is 6.61 Å². The summed E-state index contributed by atoms with van der Waals surface area (Å²) in [5.41, 5.74) is 6.07. The number of benzene rings is 1. The van der Waals surface area contributed by atoms with Crippen molar-refractivity contribution in [1.82, 2.24) is 15.2 Å². The summed E-state index contributed by atoms with van der Waals surface area (Å²) in [6.45, 7) is 5.71. The summed E-state index contributed by atoms with van der Waals surface area (Å²) in [5.74, 6) is 0.436. The number of hydrogen-bond donors (Lipinski definition) is 1.